The summed E-state index contributed by atoms with van der Waals surface area (Å²) in [6.07, 6.45) is 15.3. The second-order valence-electron chi connectivity index (χ2n) is 8.50. The summed E-state index contributed by atoms with van der Waals surface area (Å²) in [5.41, 5.74) is 0.709. The molecule has 0 nitrogen and oxygen atoms in total. The van der Waals surface area contributed by atoms with E-state index in [1.165, 1.54) is 32.1 Å². The second kappa shape index (κ2) is 5.41. The number of hydrogen-bond acceptors (Lipinski definition) is 0. The summed E-state index contributed by atoms with van der Waals surface area (Å²) in [6.45, 7) is 7.72. The van der Waals surface area contributed by atoms with Crippen LogP contribution in [0, 0.1) is 35.0 Å². The first-order valence-corrected chi connectivity index (χ1v) is 9.13. The van der Waals surface area contributed by atoms with Crippen LogP contribution in [-0.2, 0) is 0 Å². The van der Waals surface area contributed by atoms with Crippen LogP contribution in [0.25, 0.3) is 0 Å². The highest BCUT2D eigenvalue weighted by Gasteiger charge is 2.51. The van der Waals surface area contributed by atoms with Crippen molar-refractivity contribution >= 4 is 0 Å². The molecule has 3 unspecified atom stereocenters. The predicted octanol–water partition coefficient (Wildman–Crippen LogP) is 6.06. The van der Waals surface area contributed by atoms with Crippen LogP contribution in [-0.4, -0.2) is 0 Å². The van der Waals surface area contributed by atoms with E-state index < -0.39 is 0 Å². The second-order valence-corrected chi connectivity index (χ2v) is 8.50. The molecule has 110 valence electrons. The van der Waals surface area contributed by atoms with Gasteiger partial charge >= 0.3 is 0 Å². The van der Waals surface area contributed by atoms with Crippen molar-refractivity contribution in [2.45, 2.75) is 85.0 Å². The SMILES string of the molecule is CC(C)C(C1CCC1)C1CCCCCC1(C)C1CC1. The molecule has 0 heteroatoms. The molecule has 0 aliphatic heterocycles. The summed E-state index contributed by atoms with van der Waals surface area (Å²) in [6, 6.07) is 0. The van der Waals surface area contributed by atoms with E-state index in [1.807, 2.05) is 0 Å². The van der Waals surface area contributed by atoms with Gasteiger partial charge in [0, 0.05) is 0 Å². The average molecular weight is 262 g/mol. The summed E-state index contributed by atoms with van der Waals surface area (Å²) < 4.78 is 0. The molecule has 0 aromatic carbocycles. The van der Waals surface area contributed by atoms with Crippen molar-refractivity contribution < 1.29 is 0 Å². The van der Waals surface area contributed by atoms with E-state index in [4.69, 9.17) is 0 Å². The van der Waals surface area contributed by atoms with E-state index in [0.29, 0.717) is 5.41 Å². The van der Waals surface area contributed by atoms with Gasteiger partial charge in [-0.25, -0.2) is 0 Å². The largest absolute Gasteiger partial charge is 0.0625 e. The minimum absolute atomic E-state index is 0.709. The van der Waals surface area contributed by atoms with Crippen LogP contribution in [0.2, 0.25) is 0 Å². The van der Waals surface area contributed by atoms with Gasteiger partial charge < -0.3 is 0 Å². The monoisotopic (exact) mass is 262 g/mol. The van der Waals surface area contributed by atoms with Gasteiger partial charge in [-0.1, -0.05) is 59.3 Å². The fourth-order valence-corrected chi connectivity index (χ4v) is 5.61. The molecule has 0 aromatic rings. The molecular formula is C19H34. The molecule has 0 aromatic heterocycles. The third kappa shape index (κ3) is 2.61. The van der Waals surface area contributed by atoms with Crippen LogP contribution >= 0.6 is 0 Å². The molecule has 3 saturated carbocycles. The van der Waals surface area contributed by atoms with E-state index in [1.54, 1.807) is 32.1 Å². The van der Waals surface area contributed by atoms with Crippen molar-refractivity contribution in [3.8, 4) is 0 Å². The molecule has 0 saturated heterocycles. The zero-order chi connectivity index (χ0) is 13.5. The molecule has 0 bridgehead atoms. The van der Waals surface area contributed by atoms with E-state index in [-0.39, 0.29) is 0 Å². The molecule has 19 heavy (non-hydrogen) atoms. The standard InChI is InChI=1S/C19H34/c1-14(2)18(15-8-7-9-15)17-10-5-4-6-13-19(17,3)16-11-12-16/h14-18H,4-13H2,1-3H3. The van der Waals surface area contributed by atoms with Gasteiger partial charge in [-0.05, 0) is 60.7 Å². The summed E-state index contributed by atoms with van der Waals surface area (Å²) >= 11 is 0. The Balaban J connectivity index is 1.83. The van der Waals surface area contributed by atoms with Gasteiger partial charge in [0.2, 0.25) is 0 Å². The lowest BCUT2D eigenvalue weighted by molar-refractivity contribution is 0.00224. The van der Waals surface area contributed by atoms with Crippen LogP contribution in [0.15, 0.2) is 0 Å². The van der Waals surface area contributed by atoms with Crippen molar-refractivity contribution in [2.75, 3.05) is 0 Å². The normalized spacial score (nSPS) is 38.8. The minimum Gasteiger partial charge on any atom is -0.0625 e. The van der Waals surface area contributed by atoms with Gasteiger partial charge in [-0.2, -0.15) is 0 Å². The Bertz CT molecular complexity index is 297. The number of hydrogen-bond donors (Lipinski definition) is 0. The first-order valence-electron chi connectivity index (χ1n) is 9.13. The Morgan fingerprint density at radius 1 is 0.842 bits per heavy atom. The molecule has 0 spiro atoms. The Morgan fingerprint density at radius 2 is 1.58 bits per heavy atom. The lowest BCUT2D eigenvalue weighted by Gasteiger charge is -2.49. The van der Waals surface area contributed by atoms with E-state index in [2.05, 4.69) is 20.8 Å². The number of rotatable bonds is 4. The first kappa shape index (κ1) is 14.0. The van der Waals surface area contributed by atoms with Crippen LogP contribution in [0.4, 0.5) is 0 Å². The lowest BCUT2D eigenvalue weighted by atomic mass is 9.56. The minimum atomic E-state index is 0.709. The highest BCUT2D eigenvalue weighted by molar-refractivity contribution is 5.00. The van der Waals surface area contributed by atoms with Crippen molar-refractivity contribution in [2.24, 2.45) is 35.0 Å². The van der Waals surface area contributed by atoms with E-state index in [9.17, 15) is 0 Å². The zero-order valence-electron chi connectivity index (χ0n) is 13.5. The van der Waals surface area contributed by atoms with E-state index in [0.717, 1.165) is 29.6 Å². The summed E-state index contributed by atoms with van der Waals surface area (Å²) in [7, 11) is 0. The highest BCUT2D eigenvalue weighted by Crippen LogP contribution is 2.60. The molecule has 3 atom stereocenters. The Hall–Kier alpha value is 0. The van der Waals surface area contributed by atoms with Crippen LogP contribution in [0.3, 0.4) is 0 Å². The maximum absolute atomic E-state index is 2.69. The summed E-state index contributed by atoms with van der Waals surface area (Å²) in [5, 5.41) is 0. The molecule has 0 radical (unpaired) electrons. The van der Waals surface area contributed by atoms with Crippen molar-refractivity contribution in [1.82, 2.24) is 0 Å². The topological polar surface area (TPSA) is 0 Å². The Morgan fingerprint density at radius 3 is 2.11 bits per heavy atom. The van der Waals surface area contributed by atoms with Crippen molar-refractivity contribution in [1.29, 1.82) is 0 Å². The Labute approximate surface area is 120 Å². The quantitative estimate of drug-likeness (QED) is 0.541. The third-order valence-electron chi connectivity index (χ3n) is 7.02. The molecule has 3 aliphatic rings. The van der Waals surface area contributed by atoms with Gasteiger partial charge in [-0.3, -0.25) is 0 Å². The first-order chi connectivity index (χ1) is 9.13. The van der Waals surface area contributed by atoms with Crippen LogP contribution < -0.4 is 0 Å². The fraction of sp³-hybridized carbons (Fsp3) is 1.00. The molecule has 3 fully saturated rings. The third-order valence-corrected chi connectivity index (χ3v) is 7.02. The molecule has 3 aliphatic carbocycles. The summed E-state index contributed by atoms with van der Waals surface area (Å²) in [4.78, 5) is 0. The molecule has 0 N–H and O–H groups in total. The lowest BCUT2D eigenvalue weighted by Crippen LogP contribution is -2.41. The molecule has 3 rings (SSSR count). The van der Waals surface area contributed by atoms with Gasteiger partial charge in [-0.15, -0.1) is 0 Å². The van der Waals surface area contributed by atoms with Crippen molar-refractivity contribution in [3.63, 3.8) is 0 Å². The molecular weight excluding hydrogens is 228 g/mol. The Kier molecular flexibility index (Phi) is 3.98. The van der Waals surface area contributed by atoms with Gasteiger partial charge in [0.05, 0.1) is 0 Å². The average Bonchev–Trinajstić information content (AvgIpc) is 3.10. The highest BCUT2D eigenvalue weighted by atomic mass is 14.6. The molecule has 0 amide bonds. The van der Waals surface area contributed by atoms with Gasteiger partial charge in [0.1, 0.15) is 0 Å². The molecule has 0 heterocycles. The summed E-state index contributed by atoms with van der Waals surface area (Å²) in [5.74, 6) is 5.18. The van der Waals surface area contributed by atoms with Crippen LogP contribution in [0.1, 0.15) is 85.0 Å². The predicted molar refractivity (Wildman–Crippen MR) is 83.1 cm³/mol. The van der Waals surface area contributed by atoms with Crippen LogP contribution in [0.5, 0.6) is 0 Å². The zero-order valence-corrected chi connectivity index (χ0v) is 13.5. The van der Waals surface area contributed by atoms with E-state index >= 15 is 0 Å². The van der Waals surface area contributed by atoms with Crippen molar-refractivity contribution in [3.05, 3.63) is 0 Å². The smallest absolute Gasteiger partial charge is 0.0266 e. The maximum Gasteiger partial charge on any atom is -0.0266 e. The van der Waals surface area contributed by atoms with Gasteiger partial charge in [0.25, 0.3) is 0 Å². The maximum atomic E-state index is 2.69. The van der Waals surface area contributed by atoms with Gasteiger partial charge in [0.15, 0.2) is 0 Å². The fourth-order valence-electron chi connectivity index (χ4n) is 5.61.